The third kappa shape index (κ3) is 12.4. The molecule has 0 saturated carbocycles. The minimum Gasteiger partial charge on any atom is -0.456 e. The van der Waals surface area contributed by atoms with Crippen molar-refractivity contribution in [1.82, 2.24) is 64.0 Å². The molecule has 652 valence electrons. The molecule has 3 aliphatic carbocycles. The zero-order valence-electron chi connectivity index (χ0n) is 75.9. The van der Waals surface area contributed by atoms with E-state index in [1.165, 1.54) is 104 Å². The van der Waals surface area contributed by atoms with Gasteiger partial charge in [0.25, 0.3) is 0 Å². The Balaban J connectivity index is 0.000000104. The first kappa shape index (κ1) is 79.8. The van der Waals surface area contributed by atoms with Gasteiger partial charge in [-0.1, -0.05) is 327 Å². The monoisotopic (exact) mass is 1780 g/mol. The average Bonchev–Trinajstić information content (AvgIpc) is 1.55. The van der Waals surface area contributed by atoms with E-state index in [-0.39, 0.29) is 16.2 Å². The molecular weight excluding hydrogens is 1700 g/mol. The number of fused-ring (bicyclic) bond motifs is 28. The third-order valence-corrected chi connectivity index (χ3v) is 28.5. The zero-order chi connectivity index (χ0) is 92.0. The van der Waals surface area contributed by atoms with Gasteiger partial charge in [-0.3, -0.25) is 9.13 Å². The minimum atomic E-state index is -0.274. The van der Waals surface area contributed by atoms with Gasteiger partial charge in [0.15, 0.2) is 40.8 Å². The first-order valence-electron chi connectivity index (χ1n) is 46.6. The normalized spacial score (nSPS) is 13.5. The van der Waals surface area contributed by atoms with E-state index < -0.39 is 0 Å². The Morgan fingerprint density at radius 2 is 0.529 bits per heavy atom. The van der Waals surface area contributed by atoms with Gasteiger partial charge in [0.05, 0.1) is 22.1 Å². The van der Waals surface area contributed by atoms with Crippen LogP contribution in [-0.4, -0.2) is 64.0 Å². The van der Waals surface area contributed by atoms with E-state index in [4.69, 9.17) is 58.1 Å². The topological polar surface area (TPSA) is 191 Å². The molecular formula is C122H81N13O3. The molecule has 0 saturated heterocycles. The van der Waals surface area contributed by atoms with Crippen LogP contribution in [0.1, 0.15) is 74.9 Å². The van der Waals surface area contributed by atoms with Crippen molar-refractivity contribution in [3.05, 3.63) is 416 Å². The lowest BCUT2D eigenvalue weighted by atomic mass is 9.80. The van der Waals surface area contributed by atoms with Crippen molar-refractivity contribution >= 4 is 120 Å². The first-order valence-corrected chi connectivity index (χ1v) is 46.6. The quantitative estimate of drug-likeness (QED) is 0.133. The summed E-state index contributed by atoms with van der Waals surface area (Å²) in [5, 5.41) is 13.9. The number of furan rings is 3. The lowest BCUT2D eigenvalue weighted by Crippen LogP contribution is -2.15. The Labute approximate surface area is 791 Å². The summed E-state index contributed by atoms with van der Waals surface area (Å²) < 4.78 is 23.2. The number of hydrogen-bond donors (Lipinski definition) is 0. The fourth-order valence-electron chi connectivity index (χ4n) is 22.3. The number of rotatable bonds is 9. The van der Waals surface area contributed by atoms with Gasteiger partial charge in [-0.25, -0.2) is 34.9 Å². The molecule has 9 heterocycles. The van der Waals surface area contributed by atoms with Gasteiger partial charge >= 0.3 is 0 Å². The predicted octanol–water partition coefficient (Wildman–Crippen LogP) is 30.0. The Bertz CT molecular complexity index is 9110. The summed E-state index contributed by atoms with van der Waals surface area (Å²) in [6.07, 6.45) is 3.41. The van der Waals surface area contributed by atoms with Crippen LogP contribution in [0.5, 0.6) is 0 Å². The molecule has 0 unspecified atom stereocenters. The highest BCUT2D eigenvalue weighted by atomic mass is 16.3. The highest BCUT2D eigenvalue weighted by molar-refractivity contribution is 6.16. The Kier molecular flexibility index (Phi) is 17.7. The van der Waals surface area contributed by atoms with Crippen molar-refractivity contribution < 1.29 is 13.3 Å². The Hall–Kier alpha value is -17.9. The van der Waals surface area contributed by atoms with E-state index in [1.54, 1.807) is 18.5 Å². The van der Waals surface area contributed by atoms with Crippen LogP contribution in [0.2, 0.25) is 0 Å². The van der Waals surface area contributed by atoms with Crippen molar-refractivity contribution in [2.75, 3.05) is 0 Å². The fourth-order valence-corrected chi connectivity index (χ4v) is 22.3. The molecule has 26 aromatic rings. The van der Waals surface area contributed by atoms with Crippen molar-refractivity contribution in [2.45, 2.75) is 57.8 Å². The van der Waals surface area contributed by atoms with Crippen LogP contribution in [0.3, 0.4) is 0 Å². The van der Waals surface area contributed by atoms with Crippen LogP contribution in [0.25, 0.3) is 245 Å². The predicted molar refractivity (Wildman–Crippen MR) is 554 cm³/mol. The van der Waals surface area contributed by atoms with E-state index in [0.717, 1.165) is 116 Å². The van der Waals surface area contributed by atoms with E-state index in [0.29, 0.717) is 58.5 Å². The summed E-state index contributed by atoms with van der Waals surface area (Å²) in [5.41, 5.74) is 29.7. The van der Waals surface area contributed by atoms with Gasteiger partial charge < -0.3 is 13.3 Å². The molecule has 16 nitrogen and oxygen atoms in total. The first-order chi connectivity index (χ1) is 67.7. The summed E-state index contributed by atoms with van der Waals surface area (Å²) in [6.45, 7) is 13.8. The SMILES string of the molecule is CC1(C)c2cc(-c3nc(-c4ncccn4)nc(-c4cccc5ccccc45)n3)ccc2-c2ccc3oc4ccccc4c3c21.CC1(C)c2ccc(-c3nc(-c4ccccc4)nc(-n4c5ccccc5c5ccccc54)n3)cc2-c2ccc3oc4ccccc4c3c21.CC1(C)c2ccc(-c3nc(-c4ccccc4)nc(-n4c5ccccc5c5ccccc54)n3)cc2-c2ccc3oc4ccccc4c3c21. The maximum absolute atomic E-state index is 6.30. The second kappa shape index (κ2) is 30.6. The molecule has 0 aliphatic heterocycles. The number of para-hydroxylation sites is 7. The summed E-state index contributed by atoms with van der Waals surface area (Å²) in [7, 11) is 0. The molecule has 0 N–H and O–H groups in total. The second-order valence-corrected chi connectivity index (χ2v) is 37.5. The summed E-state index contributed by atoms with van der Waals surface area (Å²) >= 11 is 0. The van der Waals surface area contributed by atoms with Gasteiger partial charge in [-0.05, 0) is 162 Å². The van der Waals surface area contributed by atoms with E-state index in [1.807, 2.05) is 78.9 Å². The highest BCUT2D eigenvalue weighted by Gasteiger charge is 2.43. The Morgan fingerprint density at radius 3 is 0.978 bits per heavy atom. The maximum Gasteiger partial charge on any atom is 0.238 e. The number of nitrogens with zero attached hydrogens (tertiary/aromatic N) is 13. The van der Waals surface area contributed by atoms with Gasteiger partial charge in [0, 0.05) is 116 Å². The second-order valence-electron chi connectivity index (χ2n) is 37.5. The number of benzene rings is 17. The van der Waals surface area contributed by atoms with Crippen molar-refractivity contribution in [2.24, 2.45) is 0 Å². The van der Waals surface area contributed by atoms with Crippen LogP contribution in [-0.2, 0) is 16.2 Å². The van der Waals surface area contributed by atoms with Crippen LogP contribution in [0.15, 0.2) is 396 Å². The van der Waals surface area contributed by atoms with E-state index in [2.05, 4.69) is 346 Å². The molecule has 0 radical (unpaired) electrons. The lowest BCUT2D eigenvalue weighted by molar-refractivity contribution is 0.657. The molecule has 9 aromatic heterocycles. The van der Waals surface area contributed by atoms with Gasteiger partial charge in [0.1, 0.15) is 33.5 Å². The highest BCUT2D eigenvalue weighted by Crippen LogP contribution is 2.58. The van der Waals surface area contributed by atoms with Crippen LogP contribution < -0.4 is 0 Å². The van der Waals surface area contributed by atoms with Gasteiger partial charge in [-0.2, -0.15) is 19.9 Å². The largest absolute Gasteiger partial charge is 0.456 e. The number of hydrogen-bond acceptors (Lipinski definition) is 14. The molecule has 0 atom stereocenters. The molecule has 16 heteroatoms. The summed E-state index contributed by atoms with van der Waals surface area (Å²) in [6, 6.07) is 128. The number of aromatic nitrogens is 13. The smallest absolute Gasteiger partial charge is 0.238 e. The van der Waals surface area contributed by atoms with Crippen molar-refractivity contribution in [1.29, 1.82) is 0 Å². The zero-order valence-corrected chi connectivity index (χ0v) is 75.9. The van der Waals surface area contributed by atoms with Gasteiger partial charge in [-0.15, -0.1) is 0 Å². The third-order valence-electron chi connectivity index (χ3n) is 28.5. The van der Waals surface area contributed by atoms with Crippen molar-refractivity contribution in [3.8, 4) is 125 Å². The fraction of sp³-hybridized carbons (Fsp3) is 0.0738. The van der Waals surface area contributed by atoms with Crippen LogP contribution in [0, 0.1) is 0 Å². The molecule has 3 aliphatic rings. The summed E-state index contributed by atoms with van der Waals surface area (Å²) in [4.78, 5) is 54.6. The Morgan fingerprint density at radius 1 is 0.203 bits per heavy atom. The average molecular weight is 1780 g/mol. The molecule has 138 heavy (non-hydrogen) atoms. The van der Waals surface area contributed by atoms with Crippen molar-refractivity contribution in [3.63, 3.8) is 0 Å². The van der Waals surface area contributed by atoms with Gasteiger partial charge in [0.2, 0.25) is 17.7 Å². The van der Waals surface area contributed by atoms with Crippen LogP contribution >= 0.6 is 0 Å². The molecule has 29 rings (SSSR count). The molecule has 17 aromatic carbocycles. The summed E-state index contributed by atoms with van der Waals surface area (Å²) in [5.74, 6) is 5.81. The van der Waals surface area contributed by atoms with Crippen LogP contribution in [0.4, 0.5) is 0 Å². The molecule has 0 spiro atoms. The lowest BCUT2D eigenvalue weighted by Gasteiger charge is -2.22. The van der Waals surface area contributed by atoms with E-state index >= 15 is 0 Å². The standard InChI is InChI=1S/2C42H28N4O.C38H25N5O/c2*1-42(2)32-22-20-26(24-31(32)29-21-23-36-37(38(29)42)30-16-8-11-19-35(30)47-36)40-43-39(25-12-4-3-5-13-25)44-41(45-40)46-33-17-9-6-14-27(33)28-15-7-10-18-34(28)46;1-38(2)29-21-23(15-16-25(29)26-17-18-31-32(33(26)38)28-12-5-6-14-30(28)44-31)34-41-35(43-37(42-34)36-39-19-8-20-40-36)27-13-7-10-22-9-3-4-11-24(22)27/h2*3-24H,1-2H3;3-21H,1-2H3. The van der Waals surface area contributed by atoms with E-state index in [9.17, 15) is 0 Å². The molecule has 0 fully saturated rings. The molecule has 0 amide bonds. The maximum atomic E-state index is 6.30. The minimum absolute atomic E-state index is 0.211. The molecule has 0 bridgehead atoms.